The third-order valence-electron chi connectivity index (χ3n) is 4.85. The SMILES string of the molecule is Cc1cccc(CN2CCC3NCCC3C2)c1C. The summed E-state index contributed by atoms with van der Waals surface area (Å²) in [5.41, 5.74) is 4.41. The summed E-state index contributed by atoms with van der Waals surface area (Å²) in [6.45, 7) is 9.37. The highest BCUT2D eigenvalue weighted by atomic mass is 15.2. The first-order chi connectivity index (χ1) is 8.74. The normalized spacial score (nSPS) is 28.3. The summed E-state index contributed by atoms with van der Waals surface area (Å²) in [4.78, 5) is 2.65. The average Bonchev–Trinajstić information content (AvgIpc) is 2.82. The van der Waals surface area contributed by atoms with Crippen LogP contribution in [0, 0.1) is 19.8 Å². The van der Waals surface area contributed by atoms with Crippen molar-refractivity contribution in [3.05, 3.63) is 34.9 Å². The molecule has 98 valence electrons. The molecule has 0 aliphatic carbocycles. The van der Waals surface area contributed by atoms with Crippen LogP contribution in [0.15, 0.2) is 18.2 Å². The Kier molecular flexibility index (Phi) is 3.40. The Balaban J connectivity index is 1.68. The fraction of sp³-hybridized carbons (Fsp3) is 0.625. The zero-order valence-corrected chi connectivity index (χ0v) is 11.6. The van der Waals surface area contributed by atoms with E-state index >= 15 is 0 Å². The Morgan fingerprint density at radius 1 is 1.28 bits per heavy atom. The van der Waals surface area contributed by atoms with Gasteiger partial charge in [-0.3, -0.25) is 4.90 Å². The number of benzene rings is 1. The zero-order chi connectivity index (χ0) is 12.5. The number of nitrogens with one attached hydrogen (secondary N) is 1. The molecule has 1 aromatic carbocycles. The summed E-state index contributed by atoms with van der Waals surface area (Å²) < 4.78 is 0. The first kappa shape index (κ1) is 12.2. The van der Waals surface area contributed by atoms with E-state index in [1.165, 1.54) is 49.2 Å². The van der Waals surface area contributed by atoms with Gasteiger partial charge in [-0.1, -0.05) is 18.2 Å². The first-order valence-corrected chi connectivity index (χ1v) is 7.25. The summed E-state index contributed by atoms with van der Waals surface area (Å²) in [6.07, 6.45) is 2.70. The fourth-order valence-corrected chi connectivity index (χ4v) is 3.49. The van der Waals surface area contributed by atoms with E-state index < -0.39 is 0 Å². The Morgan fingerprint density at radius 2 is 2.17 bits per heavy atom. The van der Waals surface area contributed by atoms with Crippen molar-refractivity contribution >= 4 is 0 Å². The smallest absolute Gasteiger partial charge is 0.0236 e. The second-order valence-electron chi connectivity index (χ2n) is 5.99. The number of rotatable bonds is 2. The van der Waals surface area contributed by atoms with E-state index in [2.05, 4.69) is 42.3 Å². The van der Waals surface area contributed by atoms with Crippen molar-refractivity contribution in [2.24, 2.45) is 5.92 Å². The maximum atomic E-state index is 3.64. The molecule has 2 saturated heterocycles. The molecule has 2 heterocycles. The van der Waals surface area contributed by atoms with Gasteiger partial charge in [0.05, 0.1) is 0 Å². The second-order valence-corrected chi connectivity index (χ2v) is 5.99. The molecule has 3 rings (SSSR count). The van der Waals surface area contributed by atoms with Gasteiger partial charge < -0.3 is 5.32 Å². The average molecular weight is 244 g/mol. The molecule has 0 radical (unpaired) electrons. The number of fused-ring (bicyclic) bond motifs is 1. The quantitative estimate of drug-likeness (QED) is 0.860. The fourth-order valence-electron chi connectivity index (χ4n) is 3.49. The van der Waals surface area contributed by atoms with Crippen LogP contribution in [0.2, 0.25) is 0 Å². The molecule has 0 aromatic heterocycles. The van der Waals surface area contributed by atoms with Crippen LogP contribution in [0.4, 0.5) is 0 Å². The van der Waals surface area contributed by atoms with E-state index in [1.54, 1.807) is 0 Å². The van der Waals surface area contributed by atoms with Gasteiger partial charge in [0.15, 0.2) is 0 Å². The molecule has 1 N–H and O–H groups in total. The van der Waals surface area contributed by atoms with Crippen molar-refractivity contribution in [1.82, 2.24) is 10.2 Å². The number of hydrogen-bond donors (Lipinski definition) is 1. The molecule has 18 heavy (non-hydrogen) atoms. The lowest BCUT2D eigenvalue weighted by Gasteiger charge is -2.35. The maximum Gasteiger partial charge on any atom is 0.0236 e. The number of piperidine rings is 1. The van der Waals surface area contributed by atoms with Gasteiger partial charge >= 0.3 is 0 Å². The minimum absolute atomic E-state index is 0.805. The van der Waals surface area contributed by atoms with Crippen LogP contribution in [0.1, 0.15) is 29.5 Å². The number of aryl methyl sites for hydroxylation is 1. The van der Waals surface area contributed by atoms with Gasteiger partial charge in [-0.25, -0.2) is 0 Å². The van der Waals surface area contributed by atoms with Gasteiger partial charge in [0.1, 0.15) is 0 Å². The zero-order valence-electron chi connectivity index (χ0n) is 11.6. The molecular formula is C16H24N2. The maximum absolute atomic E-state index is 3.64. The molecule has 2 aliphatic heterocycles. The van der Waals surface area contributed by atoms with Crippen LogP contribution < -0.4 is 5.32 Å². The molecular weight excluding hydrogens is 220 g/mol. The van der Waals surface area contributed by atoms with Gasteiger partial charge in [0.2, 0.25) is 0 Å². The van der Waals surface area contributed by atoms with Crippen molar-refractivity contribution < 1.29 is 0 Å². The van der Waals surface area contributed by atoms with Crippen molar-refractivity contribution in [1.29, 1.82) is 0 Å². The van der Waals surface area contributed by atoms with Crippen molar-refractivity contribution in [2.75, 3.05) is 19.6 Å². The number of nitrogens with zero attached hydrogens (tertiary/aromatic N) is 1. The standard InChI is InChI=1S/C16H24N2/c1-12-4-3-5-14(13(12)2)10-18-9-7-16-15(11-18)6-8-17-16/h3-5,15-17H,6-11H2,1-2H3. The molecule has 0 spiro atoms. The summed E-state index contributed by atoms with van der Waals surface area (Å²) in [7, 11) is 0. The lowest BCUT2D eigenvalue weighted by atomic mass is 9.92. The van der Waals surface area contributed by atoms with Crippen LogP contribution in [-0.2, 0) is 6.54 Å². The van der Waals surface area contributed by atoms with Crippen LogP contribution in [0.25, 0.3) is 0 Å². The second kappa shape index (κ2) is 5.02. The monoisotopic (exact) mass is 244 g/mol. The highest BCUT2D eigenvalue weighted by Gasteiger charge is 2.32. The summed E-state index contributed by atoms with van der Waals surface area (Å²) in [5, 5.41) is 3.64. The Morgan fingerprint density at radius 3 is 3.06 bits per heavy atom. The highest BCUT2D eigenvalue weighted by Crippen LogP contribution is 2.26. The Labute approximate surface area is 110 Å². The van der Waals surface area contributed by atoms with Gasteiger partial charge in [-0.2, -0.15) is 0 Å². The van der Waals surface area contributed by atoms with Crippen LogP contribution >= 0.6 is 0 Å². The molecule has 1 aromatic rings. The van der Waals surface area contributed by atoms with Crippen LogP contribution in [-0.4, -0.2) is 30.6 Å². The van der Waals surface area contributed by atoms with Crippen molar-refractivity contribution in [3.63, 3.8) is 0 Å². The number of hydrogen-bond acceptors (Lipinski definition) is 2. The van der Waals surface area contributed by atoms with E-state index in [0.29, 0.717) is 0 Å². The molecule has 0 bridgehead atoms. The van der Waals surface area contributed by atoms with Crippen molar-refractivity contribution in [3.8, 4) is 0 Å². The lowest BCUT2D eigenvalue weighted by molar-refractivity contribution is 0.155. The molecule has 0 amide bonds. The van der Waals surface area contributed by atoms with Gasteiger partial charge in [0.25, 0.3) is 0 Å². The molecule has 0 saturated carbocycles. The predicted molar refractivity (Wildman–Crippen MR) is 75.7 cm³/mol. The summed E-state index contributed by atoms with van der Waals surface area (Å²) in [6, 6.07) is 7.51. The molecule has 2 unspecified atom stereocenters. The molecule has 2 heteroatoms. The Hall–Kier alpha value is -0.860. The van der Waals surface area contributed by atoms with Crippen molar-refractivity contribution in [2.45, 2.75) is 39.3 Å². The first-order valence-electron chi connectivity index (χ1n) is 7.25. The Bertz CT molecular complexity index is 427. The van der Waals surface area contributed by atoms with E-state index in [-0.39, 0.29) is 0 Å². The topological polar surface area (TPSA) is 15.3 Å². The van der Waals surface area contributed by atoms with Gasteiger partial charge in [-0.05, 0) is 62.4 Å². The lowest BCUT2D eigenvalue weighted by Crippen LogP contribution is -2.44. The minimum Gasteiger partial charge on any atom is -0.314 e. The predicted octanol–water partition coefficient (Wildman–Crippen LogP) is 2.49. The van der Waals surface area contributed by atoms with E-state index in [0.717, 1.165) is 18.5 Å². The molecule has 2 nitrogen and oxygen atoms in total. The van der Waals surface area contributed by atoms with E-state index in [9.17, 15) is 0 Å². The van der Waals surface area contributed by atoms with E-state index in [4.69, 9.17) is 0 Å². The third kappa shape index (κ3) is 2.32. The highest BCUT2D eigenvalue weighted by molar-refractivity contribution is 5.33. The van der Waals surface area contributed by atoms with Crippen LogP contribution in [0.3, 0.4) is 0 Å². The summed E-state index contributed by atoms with van der Waals surface area (Å²) >= 11 is 0. The van der Waals surface area contributed by atoms with Gasteiger partial charge in [0, 0.05) is 19.1 Å². The molecule has 2 aliphatic rings. The van der Waals surface area contributed by atoms with Gasteiger partial charge in [-0.15, -0.1) is 0 Å². The van der Waals surface area contributed by atoms with Crippen LogP contribution in [0.5, 0.6) is 0 Å². The third-order valence-corrected chi connectivity index (χ3v) is 4.85. The molecule has 2 atom stereocenters. The number of likely N-dealkylation sites (tertiary alicyclic amines) is 1. The van der Waals surface area contributed by atoms with E-state index in [1.807, 2.05) is 0 Å². The minimum atomic E-state index is 0.805. The largest absolute Gasteiger partial charge is 0.314 e. The summed E-state index contributed by atoms with van der Waals surface area (Å²) in [5.74, 6) is 0.892. The molecule has 2 fully saturated rings.